The molecule has 0 spiro atoms. The first-order valence-corrected chi connectivity index (χ1v) is 5.14. The molecule has 0 saturated heterocycles. The van der Waals surface area contributed by atoms with Crippen LogP contribution in [0.1, 0.15) is 21.0 Å². The zero-order chi connectivity index (χ0) is 11.5. The molecule has 2 N–H and O–H groups in total. The predicted molar refractivity (Wildman–Crippen MR) is 55.7 cm³/mol. The highest BCUT2D eigenvalue weighted by Gasteiger charge is 2.16. The molecule has 2 rings (SSSR count). The molecule has 0 aliphatic carbocycles. The van der Waals surface area contributed by atoms with Crippen molar-refractivity contribution in [3.8, 4) is 0 Å². The van der Waals surface area contributed by atoms with Crippen molar-refractivity contribution < 1.29 is 19.2 Å². The monoisotopic (exact) mass is 238 g/mol. The Labute approximate surface area is 93.5 Å². The number of carbonyl (C=O) groups excluding carboxylic acids is 1. The minimum absolute atomic E-state index is 0.0661. The summed E-state index contributed by atoms with van der Waals surface area (Å²) in [6.45, 7) is 0. The summed E-state index contributed by atoms with van der Waals surface area (Å²) in [6, 6.07) is 2.80. The van der Waals surface area contributed by atoms with Gasteiger partial charge in [-0.05, 0) is 11.4 Å². The number of carboxylic acid groups (broad SMARTS) is 1. The van der Waals surface area contributed by atoms with Crippen LogP contribution < -0.4 is 5.32 Å². The van der Waals surface area contributed by atoms with Crippen LogP contribution >= 0.6 is 11.3 Å². The van der Waals surface area contributed by atoms with Gasteiger partial charge in [0.05, 0.1) is 5.69 Å². The molecule has 0 bridgehead atoms. The summed E-state index contributed by atoms with van der Waals surface area (Å²) in [4.78, 5) is 22.0. The number of amides is 1. The van der Waals surface area contributed by atoms with Crippen molar-refractivity contribution in [1.29, 1.82) is 0 Å². The van der Waals surface area contributed by atoms with Gasteiger partial charge in [-0.25, -0.2) is 4.79 Å². The Morgan fingerprint density at radius 3 is 2.88 bits per heavy atom. The lowest BCUT2D eigenvalue weighted by atomic mass is 10.3. The summed E-state index contributed by atoms with van der Waals surface area (Å²) in [7, 11) is 0. The van der Waals surface area contributed by atoms with Gasteiger partial charge in [0.25, 0.3) is 5.91 Å². The summed E-state index contributed by atoms with van der Waals surface area (Å²) in [5.74, 6) is -2.13. The minimum atomic E-state index is -1.26. The lowest BCUT2D eigenvalue weighted by molar-refractivity contribution is 0.0651. The fourth-order valence-corrected chi connectivity index (χ4v) is 1.60. The first-order valence-electron chi connectivity index (χ1n) is 4.20. The molecule has 0 radical (unpaired) electrons. The second kappa shape index (κ2) is 4.15. The zero-order valence-electron chi connectivity index (χ0n) is 7.84. The van der Waals surface area contributed by atoms with Gasteiger partial charge in [-0.1, -0.05) is 5.16 Å². The highest BCUT2D eigenvalue weighted by molar-refractivity contribution is 7.08. The highest BCUT2D eigenvalue weighted by atomic mass is 32.1. The van der Waals surface area contributed by atoms with Gasteiger partial charge in [-0.2, -0.15) is 11.3 Å². The van der Waals surface area contributed by atoms with E-state index in [1.54, 1.807) is 16.8 Å². The maximum Gasteiger partial charge on any atom is 0.374 e. The Kier molecular flexibility index (Phi) is 2.69. The molecule has 82 valence electrons. The number of nitrogens with one attached hydrogen (secondary N) is 1. The normalized spacial score (nSPS) is 10.0. The van der Waals surface area contributed by atoms with E-state index in [2.05, 4.69) is 15.0 Å². The number of thiophene rings is 1. The summed E-state index contributed by atoms with van der Waals surface area (Å²) in [5.41, 5.74) is 0.568. The summed E-state index contributed by atoms with van der Waals surface area (Å²) in [5, 5.41) is 18.0. The zero-order valence-corrected chi connectivity index (χ0v) is 8.65. The Bertz CT molecular complexity index is 517. The maximum absolute atomic E-state index is 11.5. The Balaban J connectivity index is 2.12. The van der Waals surface area contributed by atoms with E-state index in [-0.39, 0.29) is 11.5 Å². The van der Waals surface area contributed by atoms with Gasteiger partial charge in [-0.3, -0.25) is 4.79 Å². The number of hydrogen-bond acceptors (Lipinski definition) is 5. The van der Waals surface area contributed by atoms with Crippen LogP contribution in [0.4, 0.5) is 5.69 Å². The van der Waals surface area contributed by atoms with Crippen LogP contribution in [0.3, 0.4) is 0 Å². The molecule has 7 heteroatoms. The van der Waals surface area contributed by atoms with Crippen LogP contribution in [0.15, 0.2) is 27.4 Å². The van der Waals surface area contributed by atoms with Crippen molar-refractivity contribution in [2.45, 2.75) is 0 Å². The Hall–Kier alpha value is -2.15. The van der Waals surface area contributed by atoms with Crippen molar-refractivity contribution in [2.75, 3.05) is 5.32 Å². The van der Waals surface area contributed by atoms with Gasteiger partial charge >= 0.3 is 5.97 Å². The van der Waals surface area contributed by atoms with E-state index < -0.39 is 11.9 Å². The van der Waals surface area contributed by atoms with Crippen LogP contribution in [-0.2, 0) is 0 Å². The molecule has 1 amide bonds. The van der Waals surface area contributed by atoms with Crippen molar-refractivity contribution in [3.63, 3.8) is 0 Å². The van der Waals surface area contributed by atoms with Crippen LogP contribution in [0.25, 0.3) is 0 Å². The van der Waals surface area contributed by atoms with E-state index >= 15 is 0 Å². The minimum Gasteiger partial charge on any atom is -0.475 e. The summed E-state index contributed by atoms with van der Waals surface area (Å²) in [6.07, 6.45) is 0. The third kappa shape index (κ3) is 2.09. The largest absolute Gasteiger partial charge is 0.475 e. The van der Waals surface area contributed by atoms with Gasteiger partial charge in [0.2, 0.25) is 5.76 Å². The second-order valence-electron chi connectivity index (χ2n) is 2.85. The Morgan fingerprint density at radius 2 is 2.31 bits per heavy atom. The van der Waals surface area contributed by atoms with E-state index in [0.717, 1.165) is 6.07 Å². The first kappa shape index (κ1) is 10.4. The average Bonchev–Trinajstić information content (AvgIpc) is 2.86. The van der Waals surface area contributed by atoms with Gasteiger partial charge in [0, 0.05) is 11.4 Å². The number of aromatic carboxylic acids is 1. The fourth-order valence-electron chi connectivity index (χ4n) is 1.01. The van der Waals surface area contributed by atoms with Gasteiger partial charge in [0.15, 0.2) is 5.69 Å². The number of nitrogens with zero attached hydrogens (tertiary/aromatic N) is 1. The summed E-state index contributed by atoms with van der Waals surface area (Å²) < 4.78 is 4.46. The van der Waals surface area contributed by atoms with Gasteiger partial charge < -0.3 is 14.9 Å². The van der Waals surface area contributed by atoms with Gasteiger partial charge in [0.1, 0.15) is 0 Å². The van der Waals surface area contributed by atoms with Crippen LogP contribution in [0.2, 0.25) is 0 Å². The number of aromatic nitrogens is 1. The standard InChI is InChI=1S/C9H6N2O4S/c12-8(10-5-1-2-16-4-5)6-3-7(9(13)14)15-11-6/h1-4H,(H,10,12)(H,13,14). The smallest absolute Gasteiger partial charge is 0.374 e. The Morgan fingerprint density at radius 1 is 1.50 bits per heavy atom. The number of carboxylic acids is 1. The average molecular weight is 238 g/mol. The van der Waals surface area contributed by atoms with E-state index in [4.69, 9.17) is 5.11 Å². The molecule has 0 unspecified atom stereocenters. The lowest BCUT2D eigenvalue weighted by Gasteiger charge is -1.96. The van der Waals surface area contributed by atoms with Crippen LogP contribution in [0, 0.1) is 0 Å². The highest BCUT2D eigenvalue weighted by Crippen LogP contribution is 2.13. The van der Waals surface area contributed by atoms with Crippen molar-refractivity contribution in [1.82, 2.24) is 5.16 Å². The fraction of sp³-hybridized carbons (Fsp3) is 0. The molecule has 0 aromatic carbocycles. The lowest BCUT2D eigenvalue weighted by Crippen LogP contribution is -2.11. The molecular formula is C9H6N2O4S. The third-order valence-corrected chi connectivity index (χ3v) is 2.42. The van der Waals surface area contributed by atoms with Crippen molar-refractivity contribution in [2.24, 2.45) is 0 Å². The van der Waals surface area contributed by atoms with Crippen molar-refractivity contribution in [3.05, 3.63) is 34.3 Å². The predicted octanol–water partition coefficient (Wildman–Crippen LogP) is 1.69. The molecule has 0 saturated carbocycles. The molecule has 0 aliphatic heterocycles. The molecule has 0 atom stereocenters. The quantitative estimate of drug-likeness (QED) is 0.848. The number of anilines is 1. The molecular weight excluding hydrogens is 232 g/mol. The molecule has 16 heavy (non-hydrogen) atoms. The summed E-state index contributed by atoms with van der Waals surface area (Å²) >= 11 is 1.43. The first-order chi connectivity index (χ1) is 7.66. The van der Waals surface area contributed by atoms with Gasteiger partial charge in [-0.15, -0.1) is 0 Å². The topological polar surface area (TPSA) is 92.4 Å². The number of hydrogen-bond donors (Lipinski definition) is 2. The van der Waals surface area contributed by atoms with Crippen LogP contribution in [-0.4, -0.2) is 22.1 Å². The molecule has 6 nitrogen and oxygen atoms in total. The van der Waals surface area contributed by atoms with E-state index in [1.165, 1.54) is 11.3 Å². The third-order valence-electron chi connectivity index (χ3n) is 1.73. The van der Waals surface area contributed by atoms with Crippen LogP contribution in [0.5, 0.6) is 0 Å². The van der Waals surface area contributed by atoms with Crippen molar-refractivity contribution >= 4 is 28.9 Å². The SMILES string of the molecule is O=C(Nc1ccsc1)c1cc(C(=O)O)on1. The van der Waals surface area contributed by atoms with E-state index in [1.807, 2.05) is 0 Å². The molecule has 2 heterocycles. The number of carbonyl (C=O) groups is 2. The second-order valence-corrected chi connectivity index (χ2v) is 3.63. The maximum atomic E-state index is 11.5. The molecule has 0 aliphatic rings. The molecule has 0 fully saturated rings. The molecule has 2 aromatic heterocycles. The molecule has 2 aromatic rings. The number of rotatable bonds is 3. The van der Waals surface area contributed by atoms with E-state index in [0.29, 0.717) is 5.69 Å². The van der Waals surface area contributed by atoms with E-state index in [9.17, 15) is 9.59 Å².